The molecule has 0 spiro atoms. The number of aromatic carboxylic acids is 1. The van der Waals surface area contributed by atoms with E-state index in [2.05, 4.69) is 16.9 Å². The summed E-state index contributed by atoms with van der Waals surface area (Å²) in [6.45, 7) is 1.99. The second-order valence-electron chi connectivity index (χ2n) is 6.83. The molecule has 0 atom stereocenters. The average Bonchev–Trinajstić information content (AvgIpc) is 2.66. The van der Waals surface area contributed by atoms with Gasteiger partial charge < -0.3 is 14.8 Å². The van der Waals surface area contributed by atoms with E-state index in [1.165, 1.54) is 43.9 Å². The third-order valence-electron chi connectivity index (χ3n) is 4.83. The van der Waals surface area contributed by atoms with E-state index >= 15 is 0 Å². The lowest BCUT2D eigenvalue weighted by Gasteiger charge is -2.32. The number of hydrogen-bond acceptors (Lipinski definition) is 6. The highest BCUT2D eigenvalue weighted by Crippen LogP contribution is 2.27. The molecule has 0 radical (unpaired) electrons. The van der Waals surface area contributed by atoms with Crippen molar-refractivity contribution in [3.8, 4) is 0 Å². The fourth-order valence-corrected chi connectivity index (χ4v) is 4.20. The molecule has 5 nitrogen and oxygen atoms in total. The number of carboxylic acid groups (broad SMARTS) is 1. The van der Waals surface area contributed by atoms with Crippen LogP contribution in [0.3, 0.4) is 0 Å². The minimum Gasteiger partial charge on any atom is -0.545 e. The van der Waals surface area contributed by atoms with Crippen LogP contribution in [0.25, 0.3) is 0 Å². The van der Waals surface area contributed by atoms with Gasteiger partial charge in [-0.3, -0.25) is 0 Å². The van der Waals surface area contributed by atoms with Gasteiger partial charge in [-0.05, 0) is 37.0 Å². The highest BCUT2D eigenvalue weighted by Gasteiger charge is 2.20. The number of thioether (sulfide) groups is 1. The van der Waals surface area contributed by atoms with Crippen molar-refractivity contribution in [2.75, 3.05) is 11.9 Å². The van der Waals surface area contributed by atoms with Crippen molar-refractivity contribution >= 4 is 23.5 Å². The first-order valence-electron chi connectivity index (χ1n) is 9.04. The molecule has 1 aromatic carbocycles. The van der Waals surface area contributed by atoms with E-state index < -0.39 is 5.97 Å². The predicted molar refractivity (Wildman–Crippen MR) is 102 cm³/mol. The van der Waals surface area contributed by atoms with Crippen LogP contribution in [0.15, 0.2) is 35.5 Å². The van der Waals surface area contributed by atoms with Crippen molar-refractivity contribution in [2.24, 2.45) is 0 Å². The summed E-state index contributed by atoms with van der Waals surface area (Å²) in [6.07, 6.45) is 6.35. The highest BCUT2D eigenvalue weighted by atomic mass is 32.2. The maximum absolute atomic E-state index is 11.0. The lowest BCUT2D eigenvalue weighted by molar-refractivity contribution is -0.255. The number of carboxylic acids is 1. The molecule has 26 heavy (non-hydrogen) atoms. The Morgan fingerprint density at radius 2 is 2.00 bits per heavy atom. The molecule has 0 aliphatic heterocycles. The van der Waals surface area contributed by atoms with Crippen molar-refractivity contribution < 1.29 is 9.90 Å². The molecule has 138 valence electrons. The zero-order valence-electron chi connectivity index (χ0n) is 15.3. The highest BCUT2D eigenvalue weighted by molar-refractivity contribution is 7.98. The Kier molecular flexibility index (Phi) is 6.14. The summed E-state index contributed by atoms with van der Waals surface area (Å²) < 4.78 is 0. The fraction of sp³-hybridized carbons (Fsp3) is 0.450. The van der Waals surface area contributed by atoms with Gasteiger partial charge in [0.15, 0.2) is 5.16 Å². The van der Waals surface area contributed by atoms with Crippen LogP contribution in [0.1, 0.15) is 53.7 Å². The summed E-state index contributed by atoms with van der Waals surface area (Å²) in [7, 11) is 2.12. The normalized spacial score (nSPS) is 15.0. The van der Waals surface area contributed by atoms with Crippen molar-refractivity contribution in [1.29, 1.82) is 0 Å². The molecule has 0 bridgehead atoms. The third kappa shape index (κ3) is 4.75. The first kappa shape index (κ1) is 18.7. The van der Waals surface area contributed by atoms with Crippen LogP contribution in [-0.2, 0) is 5.75 Å². The molecule has 1 saturated carbocycles. The monoisotopic (exact) mass is 370 g/mol. The predicted octanol–water partition coefficient (Wildman–Crippen LogP) is 3.21. The SMILES string of the molecule is Cc1cc(N(C)C2CCCCC2)nc(SCc2cccc(C(=O)[O-])c2)n1. The molecule has 1 aromatic heterocycles. The molecule has 1 heterocycles. The smallest absolute Gasteiger partial charge is 0.190 e. The Bertz CT molecular complexity index is 775. The standard InChI is InChI=1S/C20H25N3O2S/c1-14-11-18(23(2)17-9-4-3-5-10-17)22-20(21-14)26-13-15-7-6-8-16(12-15)19(24)25/h6-8,11-12,17H,3-5,9-10,13H2,1-2H3,(H,24,25)/p-1. The number of aryl methyl sites for hydroxylation is 1. The van der Waals surface area contributed by atoms with Gasteiger partial charge >= 0.3 is 0 Å². The molecule has 2 aromatic rings. The van der Waals surface area contributed by atoms with Crippen molar-refractivity contribution in [1.82, 2.24) is 9.97 Å². The number of rotatable bonds is 6. The van der Waals surface area contributed by atoms with E-state index in [1.54, 1.807) is 18.2 Å². The Morgan fingerprint density at radius 3 is 2.73 bits per heavy atom. The Labute approximate surface area is 158 Å². The molecule has 1 aliphatic rings. The van der Waals surface area contributed by atoms with E-state index in [-0.39, 0.29) is 5.56 Å². The Morgan fingerprint density at radius 1 is 1.23 bits per heavy atom. The molecular weight excluding hydrogens is 346 g/mol. The van der Waals surface area contributed by atoms with E-state index in [0.29, 0.717) is 11.8 Å². The summed E-state index contributed by atoms with van der Waals surface area (Å²) in [5.74, 6) is 0.437. The zero-order chi connectivity index (χ0) is 18.5. The molecule has 0 unspecified atom stereocenters. The van der Waals surface area contributed by atoms with Crippen LogP contribution >= 0.6 is 11.8 Å². The number of aromatic nitrogens is 2. The van der Waals surface area contributed by atoms with Crippen LogP contribution < -0.4 is 10.0 Å². The zero-order valence-corrected chi connectivity index (χ0v) is 16.1. The number of anilines is 1. The van der Waals surface area contributed by atoms with Gasteiger partial charge in [-0.15, -0.1) is 0 Å². The van der Waals surface area contributed by atoms with Crippen molar-refractivity contribution in [3.05, 3.63) is 47.2 Å². The number of carbonyl (C=O) groups is 1. The van der Waals surface area contributed by atoms with Gasteiger partial charge in [0.1, 0.15) is 5.82 Å². The van der Waals surface area contributed by atoms with Crippen LogP contribution in [0.5, 0.6) is 0 Å². The van der Waals surface area contributed by atoms with Crippen molar-refractivity contribution in [2.45, 2.75) is 56.0 Å². The molecule has 3 rings (SSSR count). The van der Waals surface area contributed by atoms with Gasteiger partial charge in [-0.25, -0.2) is 9.97 Å². The number of hydrogen-bond donors (Lipinski definition) is 0. The van der Waals surface area contributed by atoms with Crippen molar-refractivity contribution in [3.63, 3.8) is 0 Å². The summed E-state index contributed by atoms with van der Waals surface area (Å²) in [5.41, 5.74) is 2.07. The van der Waals surface area contributed by atoms with Crippen LogP contribution in [0.2, 0.25) is 0 Å². The van der Waals surface area contributed by atoms with Crippen LogP contribution in [0.4, 0.5) is 5.82 Å². The Hall–Kier alpha value is -2.08. The first-order valence-corrected chi connectivity index (χ1v) is 10.0. The average molecular weight is 370 g/mol. The summed E-state index contributed by atoms with van der Waals surface area (Å²) in [4.78, 5) is 22.5. The van der Waals surface area contributed by atoms with Gasteiger partial charge in [0, 0.05) is 30.6 Å². The number of benzene rings is 1. The van der Waals surface area contributed by atoms with E-state index in [1.807, 2.05) is 19.1 Å². The molecule has 1 fully saturated rings. The maximum atomic E-state index is 11.0. The second-order valence-corrected chi connectivity index (χ2v) is 7.77. The lowest BCUT2D eigenvalue weighted by Crippen LogP contribution is -2.34. The molecule has 1 aliphatic carbocycles. The van der Waals surface area contributed by atoms with Gasteiger partial charge in [0.05, 0.1) is 5.97 Å². The van der Waals surface area contributed by atoms with E-state index in [0.717, 1.165) is 22.2 Å². The number of carbonyl (C=O) groups excluding carboxylic acids is 1. The van der Waals surface area contributed by atoms with Gasteiger partial charge in [-0.2, -0.15) is 0 Å². The largest absolute Gasteiger partial charge is 0.545 e. The maximum Gasteiger partial charge on any atom is 0.190 e. The van der Waals surface area contributed by atoms with Gasteiger partial charge in [-0.1, -0.05) is 49.2 Å². The van der Waals surface area contributed by atoms with E-state index in [9.17, 15) is 9.90 Å². The lowest BCUT2D eigenvalue weighted by atomic mass is 9.94. The quantitative estimate of drug-likeness (QED) is 0.574. The molecular formula is C20H24N3O2S-. The topological polar surface area (TPSA) is 69.2 Å². The van der Waals surface area contributed by atoms with Gasteiger partial charge in [0.25, 0.3) is 0 Å². The minimum absolute atomic E-state index is 0.200. The molecule has 0 N–H and O–H groups in total. The fourth-order valence-electron chi connectivity index (χ4n) is 3.36. The number of nitrogens with zero attached hydrogens (tertiary/aromatic N) is 3. The summed E-state index contributed by atoms with van der Waals surface area (Å²) in [5, 5.41) is 11.7. The van der Waals surface area contributed by atoms with Crippen LogP contribution in [-0.4, -0.2) is 29.0 Å². The Balaban J connectivity index is 1.71. The second kappa shape index (κ2) is 8.54. The summed E-state index contributed by atoms with van der Waals surface area (Å²) in [6, 6.07) is 9.42. The van der Waals surface area contributed by atoms with Crippen LogP contribution in [0, 0.1) is 6.92 Å². The first-order chi connectivity index (χ1) is 12.5. The third-order valence-corrected chi connectivity index (χ3v) is 5.75. The van der Waals surface area contributed by atoms with Gasteiger partial charge in [0.2, 0.25) is 0 Å². The van der Waals surface area contributed by atoms with E-state index in [4.69, 9.17) is 4.98 Å². The minimum atomic E-state index is -1.15. The molecule has 0 amide bonds. The summed E-state index contributed by atoms with van der Waals surface area (Å²) >= 11 is 1.52. The molecule has 6 heteroatoms. The molecule has 0 saturated heterocycles.